The van der Waals surface area contributed by atoms with Gasteiger partial charge in [-0.15, -0.1) is 0 Å². The summed E-state index contributed by atoms with van der Waals surface area (Å²) in [4.78, 5) is 37.1. The number of ether oxygens (including phenoxy) is 2. The molecule has 8 nitrogen and oxygen atoms in total. The van der Waals surface area contributed by atoms with Crippen molar-refractivity contribution in [3.63, 3.8) is 0 Å². The highest BCUT2D eigenvalue weighted by molar-refractivity contribution is 6.01. The van der Waals surface area contributed by atoms with E-state index in [9.17, 15) is 9.59 Å². The Morgan fingerprint density at radius 1 is 1.00 bits per heavy atom. The first-order chi connectivity index (χ1) is 17.4. The van der Waals surface area contributed by atoms with Crippen molar-refractivity contribution in [2.24, 2.45) is 0 Å². The van der Waals surface area contributed by atoms with Gasteiger partial charge in [0.1, 0.15) is 11.5 Å². The van der Waals surface area contributed by atoms with Crippen molar-refractivity contribution in [1.82, 2.24) is 14.9 Å². The molecule has 0 saturated heterocycles. The highest BCUT2D eigenvalue weighted by atomic mass is 16.5. The average molecular weight is 488 g/mol. The van der Waals surface area contributed by atoms with Gasteiger partial charge in [0.25, 0.3) is 0 Å². The van der Waals surface area contributed by atoms with E-state index < -0.39 is 0 Å². The fourth-order valence-corrected chi connectivity index (χ4v) is 3.98. The monoisotopic (exact) mass is 487 g/mol. The first-order valence-electron chi connectivity index (χ1n) is 11.7. The molecule has 2 aromatic carbocycles. The smallest absolute Gasteiger partial charge is 0.228 e. The predicted octanol–water partition coefficient (Wildman–Crippen LogP) is 4.86. The molecule has 186 valence electrons. The lowest BCUT2D eigenvalue weighted by atomic mass is 9.96. The summed E-state index contributed by atoms with van der Waals surface area (Å²) in [5, 5.41) is 0. The molecule has 4 aromatic rings. The summed E-state index contributed by atoms with van der Waals surface area (Å²) in [6, 6.07) is 14.0. The number of ketones is 2. The number of aromatic nitrogens is 2. The van der Waals surface area contributed by atoms with Crippen molar-refractivity contribution in [2.75, 3.05) is 34.9 Å². The fourth-order valence-electron chi connectivity index (χ4n) is 3.98. The van der Waals surface area contributed by atoms with E-state index in [4.69, 9.17) is 13.9 Å². The minimum absolute atomic E-state index is 0.00339. The van der Waals surface area contributed by atoms with Crippen molar-refractivity contribution < 1.29 is 23.5 Å². The third-order valence-corrected chi connectivity index (χ3v) is 5.81. The Kier molecular flexibility index (Phi) is 7.75. The summed E-state index contributed by atoms with van der Waals surface area (Å²) >= 11 is 0. The van der Waals surface area contributed by atoms with Crippen LogP contribution in [-0.4, -0.2) is 61.3 Å². The number of hydrogen-bond donors (Lipinski definition) is 0. The maximum atomic E-state index is 13.2. The number of oxazole rings is 1. The highest BCUT2D eigenvalue weighted by Gasteiger charge is 2.18. The van der Waals surface area contributed by atoms with Gasteiger partial charge in [0, 0.05) is 36.2 Å². The molecular formula is C28H29N3O5. The second kappa shape index (κ2) is 11.1. The maximum absolute atomic E-state index is 13.2. The van der Waals surface area contributed by atoms with Crippen LogP contribution in [0.1, 0.15) is 39.1 Å². The largest absolute Gasteiger partial charge is 0.497 e. The standard InChI is InChI=1S/C28H29N3O5/c1-31(2)12-6-7-23(32)19-13-18(15-24(33)22-10-9-21(34-3)17-26(22)35-4)14-20(16-19)28-30-27-25(36-28)8-5-11-29-27/h5,8-11,13-14,16-17H,6-7,12,15H2,1-4H3. The molecule has 4 rings (SSSR count). The van der Waals surface area contributed by atoms with Gasteiger partial charge in [-0.05, 0) is 75.1 Å². The van der Waals surface area contributed by atoms with Crippen LogP contribution in [0.5, 0.6) is 11.5 Å². The molecule has 0 bridgehead atoms. The quantitative estimate of drug-likeness (QED) is 0.277. The third-order valence-electron chi connectivity index (χ3n) is 5.81. The molecule has 0 spiro atoms. The number of benzene rings is 2. The first-order valence-corrected chi connectivity index (χ1v) is 11.7. The number of pyridine rings is 1. The van der Waals surface area contributed by atoms with Crippen LogP contribution in [0, 0.1) is 0 Å². The summed E-state index contributed by atoms with van der Waals surface area (Å²) in [6.45, 7) is 0.810. The van der Waals surface area contributed by atoms with Crippen LogP contribution in [0.25, 0.3) is 22.7 Å². The summed E-state index contributed by atoms with van der Waals surface area (Å²) in [5.41, 5.74) is 3.30. The van der Waals surface area contributed by atoms with Crippen molar-refractivity contribution in [2.45, 2.75) is 19.3 Å². The normalized spacial score (nSPS) is 11.1. The van der Waals surface area contributed by atoms with Gasteiger partial charge in [-0.3, -0.25) is 9.59 Å². The number of fused-ring (bicyclic) bond motifs is 1. The molecule has 0 unspecified atom stereocenters. The zero-order chi connectivity index (χ0) is 25.7. The number of methoxy groups -OCH3 is 2. The lowest BCUT2D eigenvalue weighted by molar-refractivity contribution is 0.0970. The fraction of sp³-hybridized carbons (Fsp3) is 0.286. The van der Waals surface area contributed by atoms with Crippen molar-refractivity contribution in [3.8, 4) is 23.0 Å². The minimum Gasteiger partial charge on any atom is -0.497 e. The molecule has 0 radical (unpaired) electrons. The number of nitrogens with zero attached hydrogens (tertiary/aromatic N) is 3. The summed E-state index contributed by atoms with van der Waals surface area (Å²) in [6.07, 6.45) is 2.86. The molecular weight excluding hydrogens is 458 g/mol. The van der Waals surface area contributed by atoms with Gasteiger partial charge in [0.05, 0.1) is 19.8 Å². The second-order valence-corrected chi connectivity index (χ2v) is 8.76. The highest BCUT2D eigenvalue weighted by Crippen LogP contribution is 2.29. The van der Waals surface area contributed by atoms with Gasteiger partial charge >= 0.3 is 0 Å². The molecule has 0 atom stereocenters. The number of carbonyl (C=O) groups is 2. The van der Waals surface area contributed by atoms with E-state index in [1.165, 1.54) is 7.11 Å². The lowest BCUT2D eigenvalue weighted by Gasteiger charge is -2.12. The van der Waals surface area contributed by atoms with Crippen LogP contribution in [-0.2, 0) is 6.42 Å². The number of rotatable bonds is 11. The Morgan fingerprint density at radius 2 is 1.83 bits per heavy atom. The van der Waals surface area contributed by atoms with E-state index in [1.54, 1.807) is 55.8 Å². The molecule has 0 aliphatic heterocycles. The summed E-state index contributed by atoms with van der Waals surface area (Å²) in [7, 11) is 7.02. The zero-order valence-electron chi connectivity index (χ0n) is 20.9. The predicted molar refractivity (Wildman–Crippen MR) is 137 cm³/mol. The van der Waals surface area contributed by atoms with Gasteiger partial charge in [-0.1, -0.05) is 0 Å². The van der Waals surface area contributed by atoms with Gasteiger partial charge in [0.15, 0.2) is 22.8 Å². The van der Waals surface area contributed by atoms with E-state index in [0.717, 1.165) is 13.0 Å². The van der Waals surface area contributed by atoms with Crippen molar-refractivity contribution >= 4 is 22.8 Å². The Bertz CT molecular complexity index is 1360. The second-order valence-electron chi connectivity index (χ2n) is 8.76. The van der Waals surface area contributed by atoms with E-state index in [1.807, 2.05) is 25.1 Å². The molecule has 8 heteroatoms. The SMILES string of the molecule is COc1ccc(C(=O)Cc2cc(C(=O)CCCN(C)C)cc(-c3nc4ncccc4o3)c2)c(OC)c1. The average Bonchev–Trinajstić information content (AvgIpc) is 3.32. The Morgan fingerprint density at radius 3 is 2.56 bits per heavy atom. The van der Waals surface area contributed by atoms with Crippen LogP contribution in [0.3, 0.4) is 0 Å². The van der Waals surface area contributed by atoms with Crippen LogP contribution in [0.4, 0.5) is 0 Å². The summed E-state index contributed by atoms with van der Waals surface area (Å²) < 4.78 is 16.5. The van der Waals surface area contributed by atoms with Crippen LogP contribution < -0.4 is 9.47 Å². The maximum Gasteiger partial charge on any atom is 0.228 e. The molecule has 0 fully saturated rings. The molecule has 0 aliphatic carbocycles. The van der Waals surface area contributed by atoms with E-state index >= 15 is 0 Å². The lowest BCUT2D eigenvalue weighted by Crippen LogP contribution is -2.14. The topological polar surface area (TPSA) is 94.8 Å². The van der Waals surface area contributed by atoms with Crippen molar-refractivity contribution in [1.29, 1.82) is 0 Å². The molecule has 36 heavy (non-hydrogen) atoms. The Balaban J connectivity index is 1.68. The molecule has 0 amide bonds. The van der Waals surface area contributed by atoms with E-state index in [2.05, 4.69) is 9.97 Å². The number of hydrogen-bond acceptors (Lipinski definition) is 8. The van der Waals surface area contributed by atoms with Crippen molar-refractivity contribution in [3.05, 3.63) is 71.4 Å². The van der Waals surface area contributed by atoms with Crippen LogP contribution in [0.15, 0.2) is 59.1 Å². The van der Waals surface area contributed by atoms with Gasteiger partial charge in [-0.2, -0.15) is 4.98 Å². The van der Waals surface area contributed by atoms with E-state index in [-0.39, 0.29) is 18.0 Å². The summed E-state index contributed by atoms with van der Waals surface area (Å²) in [5.74, 6) is 1.24. The molecule has 2 heterocycles. The Labute approximate surface area is 209 Å². The van der Waals surface area contributed by atoms with Gasteiger partial charge < -0.3 is 18.8 Å². The third kappa shape index (κ3) is 5.78. The first kappa shape index (κ1) is 25.1. The van der Waals surface area contributed by atoms with E-state index in [0.29, 0.717) is 57.3 Å². The number of carbonyl (C=O) groups excluding carboxylic acids is 2. The van der Waals surface area contributed by atoms with Gasteiger partial charge in [0.2, 0.25) is 5.89 Å². The zero-order valence-corrected chi connectivity index (χ0v) is 20.9. The minimum atomic E-state index is -0.142. The Hall–Kier alpha value is -4.04. The number of Topliss-reactive ketones (excluding diaryl/α,β-unsaturated/α-hetero) is 2. The molecule has 0 saturated carbocycles. The van der Waals surface area contributed by atoms with Crippen LogP contribution >= 0.6 is 0 Å². The molecule has 0 N–H and O–H groups in total. The molecule has 0 aliphatic rings. The molecule has 2 aromatic heterocycles. The van der Waals surface area contributed by atoms with Crippen LogP contribution in [0.2, 0.25) is 0 Å². The van der Waals surface area contributed by atoms with Gasteiger partial charge in [-0.25, -0.2) is 4.98 Å².